The second kappa shape index (κ2) is 5.36. The molecule has 2 N–H and O–H groups in total. The van der Waals surface area contributed by atoms with Gasteiger partial charge in [0.1, 0.15) is 6.54 Å². The minimum absolute atomic E-state index is 0.0866. The lowest BCUT2D eigenvalue weighted by molar-refractivity contribution is -0.119. The molecule has 0 spiro atoms. The van der Waals surface area contributed by atoms with Crippen LogP contribution in [-0.2, 0) is 0 Å². The van der Waals surface area contributed by atoms with Crippen LogP contribution in [0.4, 0.5) is 18.9 Å². The number of halogens is 4. The Balaban J connectivity index is 2.89. The van der Waals surface area contributed by atoms with Gasteiger partial charge >= 0.3 is 6.18 Å². The standard InChI is InChI=1S/C9H11ClF3N3/c10-7-5-15-3-1-8(7)16(4-2-14)6-9(11,12)13/h1,3,5H,2,4,6,14H2. The van der Waals surface area contributed by atoms with Crippen LogP contribution < -0.4 is 10.6 Å². The first-order valence-electron chi connectivity index (χ1n) is 4.55. The zero-order chi connectivity index (χ0) is 12.2. The van der Waals surface area contributed by atoms with Crippen molar-refractivity contribution < 1.29 is 13.2 Å². The van der Waals surface area contributed by atoms with Crippen molar-refractivity contribution in [3.63, 3.8) is 0 Å². The number of hydrogen-bond acceptors (Lipinski definition) is 3. The van der Waals surface area contributed by atoms with Crippen molar-refractivity contribution in [2.24, 2.45) is 5.73 Å². The molecular weight excluding hydrogens is 243 g/mol. The van der Waals surface area contributed by atoms with Gasteiger partial charge in [0.2, 0.25) is 0 Å². The molecule has 0 aliphatic rings. The molecule has 1 aromatic rings. The van der Waals surface area contributed by atoms with Gasteiger partial charge in [0.25, 0.3) is 0 Å². The maximum absolute atomic E-state index is 12.3. The molecule has 0 aromatic carbocycles. The van der Waals surface area contributed by atoms with Gasteiger partial charge in [0.15, 0.2) is 0 Å². The van der Waals surface area contributed by atoms with Gasteiger partial charge in [-0.15, -0.1) is 0 Å². The Bertz CT molecular complexity index is 343. The van der Waals surface area contributed by atoms with E-state index in [-0.39, 0.29) is 18.1 Å². The summed E-state index contributed by atoms with van der Waals surface area (Å²) in [7, 11) is 0. The first kappa shape index (κ1) is 13.1. The van der Waals surface area contributed by atoms with Gasteiger partial charge in [-0.3, -0.25) is 4.98 Å². The molecule has 0 atom stereocenters. The Hall–Kier alpha value is -1.01. The summed E-state index contributed by atoms with van der Waals surface area (Å²) in [6.45, 7) is -0.869. The van der Waals surface area contributed by atoms with Crippen LogP contribution in [0, 0.1) is 0 Å². The summed E-state index contributed by atoms with van der Waals surface area (Å²) in [5, 5.41) is 0.181. The maximum Gasteiger partial charge on any atom is 0.405 e. The molecule has 0 aliphatic heterocycles. The predicted molar refractivity (Wildman–Crippen MR) is 56.6 cm³/mol. The van der Waals surface area contributed by atoms with Crippen molar-refractivity contribution in [1.82, 2.24) is 4.98 Å². The molecule has 0 bridgehead atoms. The van der Waals surface area contributed by atoms with E-state index in [4.69, 9.17) is 17.3 Å². The molecule has 1 rings (SSSR count). The number of alkyl halides is 3. The number of aromatic nitrogens is 1. The fourth-order valence-electron chi connectivity index (χ4n) is 1.28. The van der Waals surface area contributed by atoms with E-state index in [0.717, 1.165) is 4.90 Å². The van der Waals surface area contributed by atoms with Crippen LogP contribution >= 0.6 is 11.6 Å². The highest BCUT2D eigenvalue weighted by molar-refractivity contribution is 6.33. The number of nitrogens with two attached hydrogens (primary N) is 1. The van der Waals surface area contributed by atoms with Crippen LogP contribution in [0.25, 0.3) is 0 Å². The minimum Gasteiger partial charge on any atom is -0.360 e. The quantitative estimate of drug-likeness (QED) is 0.893. The van der Waals surface area contributed by atoms with E-state index in [2.05, 4.69) is 4.98 Å². The molecule has 16 heavy (non-hydrogen) atoms. The summed E-state index contributed by atoms with van der Waals surface area (Å²) in [6.07, 6.45) is -1.60. The van der Waals surface area contributed by atoms with Gasteiger partial charge in [-0.2, -0.15) is 13.2 Å². The molecule has 0 saturated carbocycles. The smallest absolute Gasteiger partial charge is 0.360 e. The number of nitrogens with zero attached hydrogens (tertiary/aromatic N) is 2. The summed E-state index contributed by atoms with van der Waals surface area (Å²) in [6, 6.07) is 1.43. The summed E-state index contributed by atoms with van der Waals surface area (Å²) >= 11 is 5.77. The topological polar surface area (TPSA) is 42.1 Å². The molecule has 1 heterocycles. The molecular formula is C9H11ClF3N3. The van der Waals surface area contributed by atoms with E-state index >= 15 is 0 Å². The summed E-state index contributed by atoms with van der Waals surface area (Å²) < 4.78 is 36.9. The number of rotatable bonds is 4. The fraction of sp³-hybridized carbons (Fsp3) is 0.444. The van der Waals surface area contributed by atoms with Crippen LogP contribution in [0.2, 0.25) is 5.02 Å². The van der Waals surface area contributed by atoms with Crippen LogP contribution in [0.5, 0.6) is 0 Å². The van der Waals surface area contributed by atoms with Crippen molar-refractivity contribution in [3.05, 3.63) is 23.5 Å². The lowest BCUT2D eigenvalue weighted by Gasteiger charge is -2.25. The Morgan fingerprint density at radius 2 is 2.12 bits per heavy atom. The molecule has 0 amide bonds. The molecule has 0 saturated heterocycles. The number of anilines is 1. The Morgan fingerprint density at radius 3 is 2.62 bits per heavy atom. The highest BCUT2D eigenvalue weighted by atomic mass is 35.5. The Kier molecular flexibility index (Phi) is 4.37. The van der Waals surface area contributed by atoms with Crippen molar-refractivity contribution in [2.75, 3.05) is 24.5 Å². The van der Waals surface area contributed by atoms with E-state index in [0.29, 0.717) is 5.69 Å². The molecule has 90 valence electrons. The van der Waals surface area contributed by atoms with E-state index in [1.807, 2.05) is 0 Å². The van der Waals surface area contributed by atoms with Crippen molar-refractivity contribution in [1.29, 1.82) is 0 Å². The van der Waals surface area contributed by atoms with Gasteiger partial charge in [-0.1, -0.05) is 11.6 Å². The van der Waals surface area contributed by atoms with Gasteiger partial charge in [-0.05, 0) is 6.07 Å². The molecule has 0 aliphatic carbocycles. The first-order chi connectivity index (χ1) is 7.44. The third-order valence-electron chi connectivity index (χ3n) is 1.86. The van der Waals surface area contributed by atoms with Crippen molar-refractivity contribution in [3.8, 4) is 0 Å². The second-order valence-electron chi connectivity index (χ2n) is 3.15. The first-order valence-corrected chi connectivity index (χ1v) is 4.93. The second-order valence-corrected chi connectivity index (χ2v) is 3.56. The van der Waals surface area contributed by atoms with Crippen LogP contribution in [0.3, 0.4) is 0 Å². The predicted octanol–water partition coefficient (Wildman–Crippen LogP) is 2.06. The number of hydrogen-bond donors (Lipinski definition) is 1. The highest BCUT2D eigenvalue weighted by Gasteiger charge is 2.31. The molecule has 0 fully saturated rings. The summed E-state index contributed by atoms with van der Waals surface area (Å²) in [4.78, 5) is 4.80. The van der Waals surface area contributed by atoms with E-state index in [1.54, 1.807) is 0 Å². The Morgan fingerprint density at radius 1 is 1.44 bits per heavy atom. The van der Waals surface area contributed by atoms with E-state index < -0.39 is 12.7 Å². The summed E-state index contributed by atoms with van der Waals surface area (Å²) in [5.74, 6) is 0. The van der Waals surface area contributed by atoms with Gasteiger partial charge < -0.3 is 10.6 Å². The van der Waals surface area contributed by atoms with Gasteiger partial charge in [0, 0.05) is 25.5 Å². The van der Waals surface area contributed by atoms with Gasteiger partial charge in [0.05, 0.1) is 10.7 Å². The zero-order valence-electron chi connectivity index (χ0n) is 8.34. The lowest BCUT2D eigenvalue weighted by Crippen LogP contribution is -2.37. The van der Waals surface area contributed by atoms with Gasteiger partial charge in [-0.25, -0.2) is 0 Å². The average molecular weight is 254 g/mol. The normalized spacial score (nSPS) is 11.6. The SMILES string of the molecule is NCCN(CC(F)(F)F)c1ccncc1Cl. The number of pyridine rings is 1. The zero-order valence-corrected chi connectivity index (χ0v) is 9.09. The monoisotopic (exact) mass is 253 g/mol. The third kappa shape index (κ3) is 3.86. The third-order valence-corrected chi connectivity index (χ3v) is 2.15. The summed E-state index contributed by atoms with van der Waals surface area (Å²) in [5.41, 5.74) is 5.56. The molecule has 0 radical (unpaired) electrons. The fourth-order valence-corrected chi connectivity index (χ4v) is 1.52. The van der Waals surface area contributed by atoms with Crippen LogP contribution in [0.15, 0.2) is 18.5 Å². The van der Waals surface area contributed by atoms with Crippen LogP contribution in [-0.4, -0.2) is 30.8 Å². The molecule has 0 unspecified atom stereocenters. The van der Waals surface area contributed by atoms with Crippen LogP contribution in [0.1, 0.15) is 0 Å². The lowest BCUT2D eigenvalue weighted by atomic mass is 10.3. The van der Waals surface area contributed by atoms with E-state index in [9.17, 15) is 13.2 Å². The van der Waals surface area contributed by atoms with Crippen molar-refractivity contribution >= 4 is 17.3 Å². The Labute approximate surface area is 96.0 Å². The molecule has 3 nitrogen and oxygen atoms in total. The average Bonchev–Trinajstić information content (AvgIpc) is 2.16. The minimum atomic E-state index is -4.29. The molecule has 1 aromatic heterocycles. The molecule has 7 heteroatoms. The van der Waals surface area contributed by atoms with E-state index in [1.165, 1.54) is 18.5 Å². The highest BCUT2D eigenvalue weighted by Crippen LogP contribution is 2.27. The largest absolute Gasteiger partial charge is 0.405 e. The maximum atomic E-state index is 12.3. The van der Waals surface area contributed by atoms with Crippen molar-refractivity contribution in [2.45, 2.75) is 6.18 Å².